The molecule has 2 aliphatic carbocycles. The molecule has 4 rings (SSSR count). The molecule has 31 heavy (non-hydrogen) atoms. The Hall–Kier alpha value is -2.54. The predicted molar refractivity (Wildman–Crippen MR) is 120 cm³/mol. The van der Waals surface area contributed by atoms with Gasteiger partial charge < -0.3 is 15.4 Å². The van der Waals surface area contributed by atoms with E-state index >= 15 is 0 Å². The fourth-order valence-corrected chi connectivity index (χ4v) is 6.38. The largest absolute Gasteiger partial charge is 0.494 e. The van der Waals surface area contributed by atoms with Gasteiger partial charge in [-0.2, -0.15) is 0 Å². The summed E-state index contributed by atoms with van der Waals surface area (Å²) in [5, 5.41) is 6.19. The number of anilines is 1. The van der Waals surface area contributed by atoms with E-state index < -0.39 is 9.84 Å². The zero-order chi connectivity index (χ0) is 22.0. The lowest BCUT2D eigenvalue weighted by atomic mass is 9.95. The van der Waals surface area contributed by atoms with Gasteiger partial charge in [0.05, 0.1) is 28.6 Å². The van der Waals surface area contributed by atoms with E-state index in [1.807, 2.05) is 19.9 Å². The van der Waals surface area contributed by atoms with Crippen LogP contribution in [0.1, 0.15) is 38.2 Å². The summed E-state index contributed by atoms with van der Waals surface area (Å²) in [5.74, 6) is 1.89. The van der Waals surface area contributed by atoms with E-state index in [0.29, 0.717) is 24.0 Å². The molecule has 7 heteroatoms. The van der Waals surface area contributed by atoms with Crippen LogP contribution in [0.4, 0.5) is 5.69 Å². The summed E-state index contributed by atoms with van der Waals surface area (Å²) in [6.07, 6.45) is 4.77. The fraction of sp³-hybridized carbons (Fsp3) is 0.458. The van der Waals surface area contributed by atoms with Gasteiger partial charge in [0.25, 0.3) is 0 Å². The Morgan fingerprint density at radius 3 is 2.52 bits per heavy atom. The normalized spacial score (nSPS) is 22.3. The first kappa shape index (κ1) is 21.7. The summed E-state index contributed by atoms with van der Waals surface area (Å²) in [6, 6.07) is 11.9. The molecule has 1 amide bonds. The van der Waals surface area contributed by atoms with E-state index in [9.17, 15) is 13.2 Å². The smallest absolute Gasteiger partial charge is 0.239 e. The van der Waals surface area contributed by atoms with Crippen LogP contribution in [0.3, 0.4) is 0 Å². The van der Waals surface area contributed by atoms with E-state index in [4.69, 9.17) is 4.74 Å². The van der Waals surface area contributed by atoms with Crippen molar-refractivity contribution >= 4 is 21.4 Å². The van der Waals surface area contributed by atoms with E-state index in [-0.39, 0.29) is 28.3 Å². The molecule has 2 aliphatic rings. The van der Waals surface area contributed by atoms with Gasteiger partial charge >= 0.3 is 0 Å². The highest BCUT2D eigenvalue weighted by atomic mass is 32.2. The number of sulfone groups is 1. The van der Waals surface area contributed by atoms with Crippen molar-refractivity contribution in [2.45, 2.75) is 55.4 Å². The van der Waals surface area contributed by atoms with Gasteiger partial charge in [0.15, 0.2) is 0 Å². The van der Waals surface area contributed by atoms with Gasteiger partial charge in [-0.1, -0.05) is 12.5 Å². The van der Waals surface area contributed by atoms with E-state index in [1.54, 1.807) is 36.4 Å². The summed E-state index contributed by atoms with van der Waals surface area (Å²) in [4.78, 5) is 12.9. The summed E-state index contributed by atoms with van der Waals surface area (Å²) in [5.41, 5.74) is 1.27. The van der Waals surface area contributed by atoms with E-state index in [2.05, 4.69) is 10.6 Å². The van der Waals surface area contributed by atoms with Crippen LogP contribution in [0.15, 0.2) is 52.3 Å². The lowest BCUT2D eigenvalue weighted by Crippen LogP contribution is -2.41. The second kappa shape index (κ2) is 8.91. The summed E-state index contributed by atoms with van der Waals surface area (Å²) >= 11 is 0. The Balaban J connectivity index is 1.48. The van der Waals surface area contributed by atoms with Crippen LogP contribution < -0.4 is 15.4 Å². The van der Waals surface area contributed by atoms with E-state index in [0.717, 1.165) is 17.9 Å². The Morgan fingerprint density at radius 2 is 1.87 bits per heavy atom. The number of aryl methyl sites for hydroxylation is 1. The molecule has 2 aromatic carbocycles. The first-order valence-corrected chi connectivity index (χ1v) is 12.5. The predicted octanol–water partition coefficient (Wildman–Crippen LogP) is 3.94. The van der Waals surface area contributed by atoms with Gasteiger partial charge in [-0.3, -0.25) is 4.79 Å². The standard InChI is InChI=1S/C24H30N2O4S/c1-3-30-19-7-9-20(10-8-19)31(28,29)23-12-16(2)4-11-21(23)25-15-24(27)26-22-14-17-5-6-18(22)13-17/h4,7-12,17-18,22,25H,3,5-6,13-15H2,1-2H3,(H,26,27). The van der Waals surface area contributed by atoms with Crippen LogP contribution in [0.5, 0.6) is 5.75 Å². The minimum Gasteiger partial charge on any atom is -0.494 e. The van der Waals surface area contributed by atoms with Gasteiger partial charge in [-0.05, 0) is 86.9 Å². The van der Waals surface area contributed by atoms with Gasteiger partial charge in [0, 0.05) is 6.04 Å². The number of benzene rings is 2. The zero-order valence-electron chi connectivity index (χ0n) is 18.1. The maximum atomic E-state index is 13.3. The molecule has 2 fully saturated rings. The Bertz CT molecular complexity index is 1050. The molecule has 6 nitrogen and oxygen atoms in total. The van der Waals surface area contributed by atoms with Crippen LogP contribution in [0.25, 0.3) is 0 Å². The molecule has 166 valence electrons. The van der Waals surface area contributed by atoms with Crippen LogP contribution in [-0.4, -0.2) is 33.5 Å². The minimum atomic E-state index is -3.75. The number of carbonyl (C=O) groups is 1. The molecule has 2 N–H and O–H groups in total. The van der Waals surface area contributed by atoms with Crippen molar-refractivity contribution in [2.24, 2.45) is 11.8 Å². The summed E-state index contributed by atoms with van der Waals surface area (Å²) < 4.78 is 32.0. The third-order valence-electron chi connectivity index (χ3n) is 6.40. The highest BCUT2D eigenvalue weighted by molar-refractivity contribution is 7.91. The third-order valence-corrected chi connectivity index (χ3v) is 8.21. The Labute approximate surface area is 184 Å². The topological polar surface area (TPSA) is 84.5 Å². The SMILES string of the molecule is CCOc1ccc(S(=O)(=O)c2cc(C)ccc2NCC(=O)NC2CC3CCC2C3)cc1. The number of amides is 1. The second-order valence-corrected chi connectivity index (χ2v) is 10.5. The van der Waals surface area contributed by atoms with E-state index in [1.165, 1.54) is 19.3 Å². The maximum absolute atomic E-state index is 13.3. The molecule has 0 aromatic heterocycles. The van der Waals surface area contributed by atoms with Crippen LogP contribution >= 0.6 is 0 Å². The molecule has 3 unspecified atom stereocenters. The molecular formula is C24H30N2O4S. The van der Waals surface area contributed by atoms with Gasteiger partial charge in [0.2, 0.25) is 15.7 Å². The number of nitrogens with one attached hydrogen (secondary N) is 2. The molecule has 0 spiro atoms. The number of hydrogen-bond acceptors (Lipinski definition) is 5. The molecule has 2 saturated carbocycles. The molecule has 2 bridgehead atoms. The zero-order valence-corrected chi connectivity index (χ0v) is 18.9. The maximum Gasteiger partial charge on any atom is 0.239 e. The van der Waals surface area contributed by atoms with Crippen LogP contribution in [0, 0.1) is 18.8 Å². The van der Waals surface area contributed by atoms with Gasteiger partial charge in [0.1, 0.15) is 5.75 Å². The fourth-order valence-electron chi connectivity index (χ4n) is 4.86. The number of carbonyl (C=O) groups excluding carboxylic acids is 1. The first-order valence-electron chi connectivity index (χ1n) is 11.0. The Kier molecular flexibility index (Phi) is 6.23. The molecule has 2 aromatic rings. The van der Waals surface area contributed by atoms with Crippen molar-refractivity contribution in [3.05, 3.63) is 48.0 Å². The highest BCUT2D eigenvalue weighted by Gasteiger charge is 2.40. The number of fused-ring (bicyclic) bond motifs is 2. The minimum absolute atomic E-state index is 0.0444. The molecule has 3 atom stereocenters. The third kappa shape index (κ3) is 4.71. The second-order valence-electron chi connectivity index (χ2n) is 8.61. The molecule has 0 saturated heterocycles. The quantitative estimate of drug-likeness (QED) is 0.647. The van der Waals surface area contributed by atoms with Crippen molar-refractivity contribution in [2.75, 3.05) is 18.5 Å². The molecular weight excluding hydrogens is 412 g/mol. The van der Waals surface area contributed by atoms with Crippen molar-refractivity contribution in [1.29, 1.82) is 0 Å². The summed E-state index contributed by atoms with van der Waals surface area (Å²) in [7, 11) is -3.75. The summed E-state index contributed by atoms with van der Waals surface area (Å²) in [6.45, 7) is 4.29. The van der Waals surface area contributed by atoms with Crippen molar-refractivity contribution in [3.8, 4) is 5.75 Å². The number of rotatable bonds is 8. The van der Waals surface area contributed by atoms with Gasteiger partial charge in [-0.15, -0.1) is 0 Å². The van der Waals surface area contributed by atoms with Crippen LogP contribution in [0.2, 0.25) is 0 Å². The average Bonchev–Trinajstić information content (AvgIpc) is 3.37. The van der Waals surface area contributed by atoms with Crippen LogP contribution in [-0.2, 0) is 14.6 Å². The van der Waals surface area contributed by atoms with Crippen molar-refractivity contribution in [3.63, 3.8) is 0 Å². The lowest BCUT2D eigenvalue weighted by molar-refractivity contribution is -0.120. The average molecular weight is 443 g/mol. The monoisotopic (exact) mass is 442 g/mol. The molecule has 0 radical (unpaired) electrons. The number of hydrogen-bond donors (Lipinski definition) is 2. The Morgan fingerprint density at radius 1 is 1.10 bits per heavy atom. The van der Waals surface area contributed by atoms with Gasteiger partial charge in [-0.25, -0.2) is 8.42 Å². The lowest BCUT2D eigenvalue weighted by Gasteiger charge is -2.23. The highest BCUT2D eigenvalue weighted by Crippen LogP contribution is 2.44. The number of ether oxygens (including phenoxy) is 1. The molecule has 0 heterocycles. The molecule has 0 aliphatic heterocycles. The van der Waals surface area contributed by atoms with Crippen molar-refractivity contribution in [1.82, 2.24) is 5.32 Å². The van der Waals surface area contributed by atoms with Crippen molar-refractivity contribution < 1.29 is 17.9 Å². The first-order chi connectivity index (χ1) is 14.9.